The van der Waals surface area contributed by atoms with Crippen LogP contribution < -0.4 is 0 Å². The summed E-state index contributed by atoms with van der Waals surface area (Å²) in [5.74, 6) is 0.684. The fraction of sp³-hybridized carbons (Fsp3) is 0. The van der Waals surface area contributed by atoms with Crippen LogP contribution in [0.5, 0.6) is 0 Å². The number of benzene rings is 17. The molecule has 448 valence electrons. The Bertz CT molecular complexity index is 7010. The molecule has 0 saturated heterocycles. The molecule has 0 fully saturated rings. The van der Waals surface area contributed by atoms with E-state index >= 15 is 0 Å². The average molecular weight is 1240 g/mol. The Labute approximate surface area is 562 Å². The summed E-state index contributed by atoms with van der Waals surface area (Å²) in [4.78, 5) is 10.9. The Morgan fingerprint density at radius 1 is 0.204 bits per heavy atom. The molecular weight excluding hydrogens is 1190 g/mol. The molecule has 0 amide bonds. The summed E-state index contributed by atoms with van der Waals surface area (Å²) < 4.78 is 5.05. The molecule has 3 aliphatic rings. The maximum Gasteiger partial charge on any atom is 0.160 e. The van der Waals surface area contributed by atoms with Crippen molar-refractivity contribution in [2.24, 2.45) is 0 Å². The maximum atomic E-state index is 5.55. The second-order valence-corrected chi connectivity index (χ2v) is 27.0. The highest BCUT2D eigenvalue weighted by molar-refractivity contribution is 6.33. The lowest BCUT2D eigenvalue weighted by atomic mass is 9.94. The fourth-order valence-corrected chi connectivity index (χ4v) is 17.9. The van der Waals surface area contributed by atoms with E-state index < -0.39 is 0 Å². The monoisotopic (exact) mass is 1240 g/mol. The molecule has 20 aromatic rings. The minimum absolute atomic E-state index is 0.684. The van der Waals surface area contributed by atoms with Crippen LogP contribution in [0.1, 0.15) is 0 Å². The molecule has 0 saturated carbocycles. The second kappa shape index (κ2) is 19.3. The van der Waals surface area contributed by atoms with E-state index in [-0.39, 0.29) is 0 Å². The minimum Gasteiger partial charge on any atom is -0.309 e. The van der Waals surface area contributed by atoms with E-state index in [9.17, 15) is 0 Å². The van der Waals surface area contributed by atoms with Crippen molar-refractivity contribution in [3.8, 4) is 123 Å². The van der Waals surface area contributed by atoms with Gasteiger partial charge in [-0.1, -0.05) is 237 Å². The molecule has 3 aliphatic carbocycles. The second-order valence-electron chi connectivity index (χ2n) is 27.0. The van der Waals surface area contributed by atoms with Gasteiger partial charge in [-0.05, 0) is 211 Å². The van der Waals surface area contributed by atoms with Crippen molar-refractivity contribution in [2.45, 2.75) is 0 Å². The molecule has 0 radical (unpaired) electrons. The topological polar surface area (TPSA) is 35.6 Å². The Morgan fingerprint density at radius 2 is 0.653 bits per heavy atom. The molecular formula is C94H52N4. The lowest BCUT2D eigenvalue weighted by Gasteiger charge is -2.14. The van der Waals surface area contributed by atoms with Gasteiger partial charge in [0, 0.05) is 60.2 Å². The first kappa shape index (κ1) is 52.4. The largest absolute Gasteiger partial charge is 0.309 e. The summed E-state index contributed by atoms with van der Waals surface area (Å²) in [6, 6.07) is 118. The standard InChI is InChI=1S/C94H52N4/c1-2-21-63-53(16-1)40-46-84-89(63)81-51-79-68-26-7-5-24-66(68)72-31-14-33-76(87(72)79)92(81)97(84)60-42-38-55(39-43-60)94-95-83-35-10-9-28-75(83)91(96-94)59-19-11-17-56(48-59)57-37-36-54-41-47-85-90(78(54)50-57)82-52-80-69-27-8-6-25-67(69)73-32-15-34-77(88(73)80)93(82)98(85)61-20-12-18-58(49-61)62-44-45-74-65-23-4-3-22-64(65)71-30-13-29-70(62)86(71)74/h1-52H. The van der Waals surface area contributed by atoms with Crippen LogP contribution in [0.25, 0.3) is 231 Å². The molecule has 17 aromatic carbocycles. The van der Waals surface area contributed by atoms with Crippen molar-refractivity contribution in [1.29, 1.82) is 0 Å². The number of para-hydroxylation sites is 1. The van der Waals surface area contributed by atoms with Gasteiger partial charge in [0.25, 0.3) is 0 Å². The quantitative estimate of drug-likeness (QED) is 0.166. The van der Waals surface area contributed by atoms with E-state index in [0.717, 1.165) is 50.2 Å². The SMILES string of the molecule is c1cc(-c2ccc3ccc4c(c3c2)c2cc3c5c(cccc5c2n4-c2cccc(-c4ccc5c6c(cccc46)-c4ccccc4-5)c2)-c2ccccc2-3)cc(-c2nc(-c3ccc(-n4c5ccc6ccccc6c5c5cc6c7c(cccc7c54)-c4ccccc4-6)cc3)nc3ccccc23)c1. The van der Waals surface area contributed by atoms with Crippen molar-refractivity contribution in [3.63, 3.8) is 0 Å². The number of aromatic nitrogens is 4. The molecule has 4 nitrogen and oxygen atoms in total. The molecule has 23 rings (SSSR count). The molecule has 0 atom stereocenters. The molecule has 3 aromatic heterocycles. The average Bonchev–Trinajstić information content (AvgIpc) is 1.54. The van der Waals surface area contributed by atoms with E-state index in [1.54, 1.807) is 0 Å². The summed E-state index contributed by atoms with van der Waals surface area (Å²) in [6.07, 6.45) is 0. The normalized spacial score (nSPS) is 12.5. The van der Waals surface area contributed by atoms with Gasteiger partial charge in [0.2, 0.25) is 0 Å². The van der Waals surface area contributed by atoms with Gasteiger partial charge in [-0.25, -0.2) is 9.97 Å². The highest BCUT2D eigenvalue weighted by atomic mass is 15.0. The highest BCUT2D eigenvalue weighted by Gasteiger charge is 2.30. The van der Waals surface area contributed by atoms with Gasteiger partial charge in [0.05, 0.1) is 33.3 Å². The van der Waals surface area contributed by atoms with Crippen LogP contribution in [0, 0.1) is 0 Å². The lowest BCUT2D eigenvalue weighted by Crippen LogP contribution is -1.97. The van der Waals surface area contributed by atoms with Crippen LogP contribution in [0.2, 0.25) is 0 Å². The first-order chi connectivity index (χ1) is 48.6. The minimum atomic E-state index is 0.684. The van der Waals surface area contributed by atoms with E-state index in [4.69, 9.17) is 9.97 Å². The van der Waals surface area contributed by atoms with E-state index in [1.165, 1.54) is 175 Å². The highest BCUT2D eigenvalue weighted by Crippen LogP contribution is 2.55. The fourth-order valence-electron chi connectivity index (χ4n) is 17.9. The van der Waals surface area contributed by atoms with E-state index in [1.807, 2.05) is 0 Å². The zero-order valence-corrected chi connectivity index (χ0v) is 52.8. The third kappa shape index (κ3) is 7.01. The van der Waals surface area contributed by atoms with Crippen LogP contribution >= 0.6 is 0 Å². The van der Waals surface area contributed by atoms with Crippen LogP contribution in [-0.4, -0.2) is 19.1 Å². The van der Waals surface area contributed by atoms with Crippen molar-refractivity contribution < 1.29 is 0 Å². The molecule has 98 heavy (non-hydrogen) atoms. The van der Waals surface area contributed by atoms with Gasteiger partial charge in [-0.3, -0.25) is 0 Å². The van der Waals surface area contributed by atoms with Crippen molar-refractivity contribution in [1.82, 2.24) is 19.1 Å². The summed E-state index contributed by atoms with van der Waals surface area (Å²) in [5.41, 5.74) is 31.1. The van der Waals surface area contributed by atoms with Gasteiger partial charge >= 0.3 is 0 Å². The number of fused-ring (bicyclic) bond motifs is 22. The summed E-state index contributed by atoms with van der Waals surface area (Å²) in [5, 5.41) is 18.7. The zero-order valence-electron chi connectivity index (χ0n) is 52.8. The van der Waals surface area contributed by atoms with Gasteiger partial charge in [0.1, 0.15) is 0 Å². The smallest absolute Gasteiger partial charge is 0.160 e. The molecule has 0 aliphatic heterocycles. The van der Waals surface area contributed by atoms with E-state index in [2.05, 4.69) is 325 Å². The van der Waals surface area contributed by atoms with Gasteiger partial charge in [-0.2, -0.15) is 0 Å². The zero-order chi connectivity index (χ0) is 63.6. The number of nitrogens with zero attached hydrogens (tertiary/aromatic N) is 4. The lowest BCUT2D eigenvalue weighted by molar-refractivity contribution is 1.18. The van der Waals surface area contributed by atoms with Crippen molar-refractivity contribution in [2.75, 3.05) is 0 Å². The molecule has 0 bridgehead atoms. The molecule has 4 heteroatoms. The summed E-state index contributed by atoms with van der Waals surface area (Å²) >= 11 is 0. The summed E-state index contributed by atoms with van der Waals surface area (Å²) in [6.45, 7) is 0. The van der Waals surface area contributed by atoms with Crippen LogP contribution in [-0.2, 0) is 0 Å². The third-order valence-electron chi connectivity index (χ3n) is 22.1. The van der Waals surface area contributed by atoms with Crippen LogP contribution in [0.4, 0.5) is 0 Å². The number of hydrogen-bond donors (Lipinski definition) is 0. The van der Waals surface area contributed by atoms with E-state index in [0.29, 0.717) is 5.82 Å². The van der Waals surface area contributed by atoms with Gasteiger partial charge in [-0.15, -0.1) is 0 Å². The molecule has 0 N–H and O–H groups in total. The summed E-state index contributed by atoms with van der Waals surface area (Å²) in [7, 11) is 0. The predicted octanol–water partition coefficient (Wildman–Crippen LogP) is 25.2. The van der Waals surface area contributed by atoms with Crippen molar-refractivity contribution >= 4 is 108 Å². The van der Waals surface area contributed by atoms with Crippen LogP contribution in [0.15, 0.2) is 315 Å². The number of rotatable bonds is 6. The molecule has 0 spiro atoms. The molecule has 0 unspecified atom stereocenters. The molecule has 3 heterocycles. The van der Waals surface area contributed by atoms with Crippen LogP contribution in [0.3, 0.4) is 0 Å². The van der Waals surface area contributed by atoms with Crippen molar-refractivity contribution in [3.05, 3.63) is 315 Å². The Kier molecular flexibility index (Phi) is 10.3. The number of hydrogen-bond acceptors (Lipinski definition) is 2. The maximum absolute atomic E-state index is 5.55. The first-order valence-electron chi connectivity index (χ1n) is 33.9. The Balaban J connectivity index is 0.672. The predicted molar refractivity (Wildman–Crippen MR) is 411 cm³/mol. The van der Waals surface area contributed by atoms with Gasteiger partial charge in [0.15, 0.2) is 5.82 Å². The first-order valence-corrected chi connectivity index (χ1v) is 33.9. The van der Waals surface area contributed by atoms with Gasteiger partial charge < -0.3 is 9.13 Å². The Hall–Kier alpha value is -13.0. The third-order valence-corrected chi connectivity index (χ3v) is 22.1. The Morgan fingerprint density at radius 3 is 1.32 bits per heavy atom.